The number of aromatic nitrogens is 1. The SMILES string of the molecule is O=C(NCc1cccc(CN2CCCC2=O)c1)c1cnc2ccccc2c1C(F)(F)F. The molecule has 3 aromatic rings. The van der Waals surface area contributed by atoms with Crippen LogP contribution in [0.2, 0.25) is 0 Å². The highest BCUT2D eigenvalue weighted by atomic mass is 19.4. The van der Waals surface area contributed by atoms with Gasteiger partial charge in [-0.15, -0.1) is 0 Å². The van der Waals surface area contributed by atoms with E-state index in [0.717, 1.165) is 30.3 Å². The Bertz CT molecular complexity index is 1140. The largest absolute Gasteiger partial charge is 0.417 e. The highest BCUT2D eigenvalue weighted by Gasteiger charge is 2.37. The molecule has 1 aromatic heterocycles. The number of pyridine rings is 1. The maximum atomic E-state index is 13.7. The minimum absolute atomic E-state index is 0.0603. The first kappa shape index (κ1) is 20.8. The van der Waals surface area contributed by atoms with Crippen LogP contribution >= 0.6 is 0 Å². The summed E-state index contributed by atoms with van der Waals surface area (Å²) in [7, 11) is 0. The Morgan fingerprint density at radius 3 is 2.61 bits per heavy atom. The van der Waals surface area contributed by atoms with Crippen LogP contribution in [0, 0.1) is 0 Å². The number of hydrogen-bond acceptors (Lipinski definition) is 3. The zero-order valence-electron chi connectivity index (χ0n) is 16.6. The van der Waals surface area contributed by atoms with E-state index in [4.69, 9.17) is 0 Å². The van der Waals surface area contributed by atoms with E-state index in [1.807, 2.05) is 12.1 Å². The molecule has 1 fully saturated rings. The summed E-state index contributed by atoms with van der Waals surface area (Å²) in [4.78, 5) is 30.2. The number of amides is 2. The van der Waals surface area contributed by atoms with Gasteiger partial charge in [0.1, 0.15) is 0 Å². The molecule has 0 saturated carbocycles. The van der Waals surface area contributed by atoms with Gasteiger partial charge in [-0.3, -0.25) is 14.6 Å². The Labute approximate surface area is 176 Å². The Morgan fingerprint density at radius 2 is 1.87 bits per heavy atom. The average molecular weight is 427 g/mol. The fourth-order valence-corrected chi connectivity index (χ4v) is 3.83. The highest BCUT2D eigenvalue weighted by Crippen LogP contribution is 2.36. The van der Waals surface area contributed by atoms with Crippen LogP contribution in [0.3, 0.4) is 0 Å². The predicted molar refractivity (Wildman–Crippen MR) is 109 cm³/mol. The maximum absolute atomic E-state index is 13.7. The molecule has 2 heterocycles. The third-order valence-corrected chi connectivity index (χ3v) is 5.29. The smallest absolute Gasteiger partial charge is 0.348 e. The van der Waals surface area contributed by atoms with Gasteiger partial charge in [-0.1, -0.05) is 42.5 Å². The van der Waals surface area contributed by atoms with Crippen LogP contribution in [0.4, 0.5) is 13.2 Å². The van der Waals surface area contributed by atoms with Crippen LogP contribution in [-0.2, 0) is 24.1 Å². The molecule has 4 rings (SSSR count). The Balaban J connectivity index is 1.52. The van der Waals surface area contributed by atoms with Crippen molar-refractivity contribution in [1.29, 1.82) is 0 Å². The van der Waals surface area contributed by atoms with Crippen molar-refractivity contribution in [1.82, 2.24) is 15.2 Å². The molecule has 2 amide bonds. The van der Waals surface area contributed by atoms with Crippen molar-refractivity contribution < 1.29 is 22.8 Å². The lowest BCUT2D eigenvalue weighted by Gasteiger charge is -2.17. The van der Waals surface area contributed by atoms with Gasteiger partial charge in [-0.25, -0.2) is 0 Å². The number of carbonyl (C=O) groups excluding carboxylic acids is 2. The van der Waals surface area contributed by atoms with E-state index in [9.17, 15) is 22.8 Å². The first-order valence-electron chi connectivity index (χ1n) is 9.91. The molecule has 0 unspecified atom stereocenters. The number of para-hydroxylation sites is 1. The standard InChI is InChI=1S/C23H20F3N3O2/c24-23(25,26)21-17-7-1-2-8-19(17)27-13-18(21)22(31)28-12-15-5-3-6-16(11-15)14-29-10-4-9-20(29)30/h1-3,5-8,11,13H,4,9-10,12,14H2,(H,28,31). The van der Waals surface area contributed by atoms with Crippen LogP contribution in [0.5, 0.6) is 0 Å². The Hall–Kier alpha value is -3.42. The number of rotatable bonds is 5. The number of benzene rings is 2. The number of alkyl halides is 3. The third-order valence-electron chi connectivity index (χ3n) is 5.29. The number of likely N-dealkylation sites (tertiary alicyclic amines) is 1. The van der Waals surface area contributed by atoms with Gasteiger partial charge in [0.25, 0.3) is 5.91 Å². The zero-order valence-corrected chi connectivity index (χ0v) is 16.6. The average Bonchev–Trinajstić information content (AvgIpc) is 3.15. The van der Waals surface area contributed by atoms with Gasteiger partial charge in [0.2, 0.25) is 5.91 Å². The quantitative estimate of drug-likeness (QED) is 0.660. The van der Waals surface area contributed by atoms with Crippen LogP contribution in [0.1, 0.15) is 39.9 Å². The van der Waals surface area contributed by atoms with Crippen LogP contribution in [-0.4, -0.2) is 28.2 Å². The second-order valence-electron chi connectivity index (χ2n) is 7.48. The summed E-state index contributed by atoms with van der Waals surface area (Å²) in [6, 6.07) is 13.2. The van der Waals surface area contributed by atoms with Gasteiger partial charge in [-0.2, -0.15) is 13.2 Å². The zero-order chi connectivity index (χ0) is 22.0. The summed E-state index contributed by atoms with van der Waals surface area (Å²) in [6.45, 7) is 1.26. The van der Waals surface area contributed by atoms with Crippen molar-refractivity contribution in [3.8, 4) is 0 Å². The van der Waals surface area contributed by atoms with E-state index in [2.05, 4.69) is 10.3 Å². The summed E-state index contributed by atoms with van der Waals surface area (Å²) >= 11 is 0. The minimum atomic E-state index is -4.70. The van der Waals surface area contributed by atoms with Crippen molar-refractivity contribution >= 4 is 22.7 Å². The molecule has 0 aliphatic carbocycles. The fourth-order valence-electron chi connectivity index (χ4n) is 3.83. The van der Waals surface area contributed by atoms with Crippen LogP contribution in [0.15, 0.2) is 54.7 Å². The second kappa shape index (κ2) is 8.37. The highest BCUT2D eigenvalue weighted by molar-refractivity contribution is 6.00. The second-order valence-corrected chi connectivity index (χ2v) is 7.48. The summed E-state index contributed by atoms with van der Waals surface area (Å²) < 4.78 is 41.2. The minimum Gasteiger partial charge on any atom is -0.348 e. The van der Waals surface area contributed by atoms with Crippen molar-refractivity contribution in [3.05, 3.63) is 77.0 Å². The van der Waals surface area contributed by atoms with Crippen molar-refractivity contribution in [2.24, 2.45) is 0 Å². The van der Waals surface area contributed by atoms with Crippen molar-refractivity contribution in [2.75, 3.05) is 6.54 Å². The number of carbonyl (C=O) groups is 2. The van der Waals surface area contributed by atoms with Gasteiger partial charge in [0.15, 0.2) is 0 Å². The normalized spacial score (nSPS) is 14.3. The summed E-state index contributed by atoms with van der Waals surface area (Å²) in [5.74, 6) is -0.729. The Morgan fingerprint density at radius 1 is 1.10 bits per heavy atom. The summed E-state index contributed by atoms with van der Waals surface area (Å²) in [6.07, 6.45) is -2.33. The summed E-state index contributed by atoms with van der Waals surface area (Å²) in [5.41, 5.74) is 0.322. The van der Waals surface area contributed by atoms with Gasteiger partial charge in [-0.05, 0) is 23.6 Å². The molecule has 1 aliphatic heterocycles. The number of fused-ring (bicyclic) bond motifs is 1. The van der Waals surface area contributed by atoms with E-state index in [1.54, 1.807) is 23.1 Å². The molecule has 5 nitrogen and oxygen atoms in total. The number of hydrogen-bond donors (Lipinski definition) is 1. The van der Waals surface area contributed by atoms with Crippen molar-refractivity contribution in [2.45, 2.75) is 32.1 Å². The molecule has 0 atom stereocenters. The molecule has 0 bridgehead atoms. The van der Waals surface area contributed by atoms with Crippen molar-refractivity contribution in [3.63, 3.8) is 0 Å². The van der Waals surface area contributed by atoms with E-state index in [0.29, 0.717) is 13.0 Å². The molecule has 160 valence electrons. The van der Waals surface area contributed by atoms with E-state index in [1.165, 1.54) is 18.2 Å². The lowest BCUT2D eigenvalue weighted by molar-refractivity contribution is -0.136. The number of nitrogens with one attached hydrogen (secondary N) is 1. The lowest BCUT2D eigenvalue weighted by atomic mass is 10.0. The van der Waals surface area contributed by atoms with Gasteiger partial charge in [0, 0.05) is 37.6 Å². The van der Waals surface area contributed by atoms with Gasteiger partial charge < -0.3 is 10.2 Å². The van der Waals surface area contributed by atoms with E-state index >= 15 is 0 Å². The molecule has 1 aliphatic rings. The third kappa shape index (κ3) is 4.52. The van der Waals surface area contributed by atoms with Crippen LogP contribution < -0.4 is 5.32 Å². The molecule has 1 saturated heterocycles. The Kier molecular flexibility index (Phi) is 5.63. The van der Waals surface area contributed by atoms with E-state index in [-0.39, 0.29) is 23.4 Å². The molecule has 0 spiro atoms. The molecule has 1 N–H and O–H groups in total. The molecular formula is C23H20F3N3O2. The fraction of sp³-hybridized carbons (Fsp3) is 0.261. The maximum Gasteiger partial charge on any atom is 0.417 e. The molecule has 31 heavy (non-hydrogen) atoms. The molecule has 2 aromatic carbocycles. The van der Waals surface area contributed by atoms with Crippen LogP contribution in [0.25, 0.3) is 10.9 Å². The summed E-state index contributed by atoms with van der Waals surface area (Å²) in [5, 5.41) is 2.45. The monoisotopic (exact) mass is 427 g/mol. The first-order valence-corrected chi connectivity index (χ1v) is 9.91. The molecule has 8 heteroatoms. The van der Waals surface area contributed by atoms with Gasteiger partial charge in [0.05, 0.1) is 16.6 Å². The lowest BCUT2D eigenvalue weighted by Crippen LogP contribution is -2.27. The molecular weight excluding hydrogens is 407 g/mol. The number of nitrogens with zero attached hydrogens (tertiary/aromatic N) is 2. The first-order chi connectivity index (χ1) is 14.8. The topological polar surface area (TPSA) is 62.3 Å². The van der Waals surface area contributed by atoms with Gasteiger partial charge >= 0.3 is 6.18 Å². The molecule has 0 radical (unpaired) electrons. The number of halogens is 3. The van der Waals surface area contributed by atoms with E-state index < -0.39 is 23.2 Å². The predicted octanol–water partition coefficient (Wildman–Crippen LogP) is 4.31.